The first-order valence-corrected chi connectivity index (χ1v) is 12.0. The number of hydrogen-bond acceptors (Lipinski definition) is 1. The Hall–Kier alpha value is -0.960. The van der Waals surface area contributed by atoms with Crippen molar-refractivity contribution in [1.82, 2.24) is 0 Å². The Morgan fingerprint density at radius 2 is 1.28 bits per heavy atom. The minimum absolute atomic E-state index is 0.0583. The van der Waals surface area contributed by atoms with Crippen LogP contribution in [-0.4, -0.2) is 12.2 Å². The lowest BCUT2D eigenvalue weighted by atomic mass is 9.82. The molecule has 1 rings (SSSR count). The Labute approximate surface area is 178 Å². The lowest BCUT2D eigenvalue weighted by Gasteiger charge is -2.34. The molecule has 29 heavy (non-hydrogen) atoms. The van der Waals surface area contributed by atoms with Crippen LogP contribution in [0.5, 0.6) is 0 Å². The molecule has 0 saturated carbocycles. The molecule has 0 aromatic heterocycles. The van der Waals surface area contributed by atoms with Crippen molar-refractivity contribution >= 4 is 0 Å². The van der Waals surface area contributed by atoms with Crippen LogP contribution in [0.15, 0.2) is 18.2 Å². The first-order chi connectivity index (χ1) is 13.9. The van der Waals surface area contributed by atoms with Crippen LogP contribution < -0.4 is 0 Å². The summed E-state index contributed by atoms with van der Waals surface area (Å²) in [7, 11) is 0. The smallest absolute Gasteiger partial charge is 0.126 e. The number of halogens is 2. The summed E-state index contributed by atoms with van der Waals surface area (Å²) in [5.41, 5.74) is 0.706. The van der Waals surface area contributed by atoms with Crippen LogP contribution in [0.3, 0.4) is 0 Å². The molecule has 0 fully saturated rings. The van der Waals surface area contributed by atoms with Gasteiger partial charge >= 0.3 is 0 Å². The number of hydrogen-bond donors (Lipinski definition) is 0. The minimum atomic E-state index is -0.476. The van der Waals surface area contributed by atoms with Gasteiger partial charge in [0.1, 0.15) is 11.6 Å². The van der Waals surface area contributed by atoms with Gasteiger partial charge in [0.05, 0.1) is 5.60 Å². The van der Waals surface area contributed by atoms with Crippen LogP contribution in [0, 0.1) is 17.6 Å². The quantitative estimate of drug-likeness (QED) is 0.233. The lowest BCUT2D eigenvalue weighted by Crippen LogP contribution is -2.34. The molecule has 3 heteroatoms. The van der Waals surface area contributed by atoms with E-state index in [4.69, 9.17) is 4.74 Å². The van der Waals surface area contributed by atoms with Crippen molar-refractivity contribution in [3.8, 4) is 0 Å². The van der Waals surface area contributed by atoms with Crippen LogP contribution in [0.1, 0.15) is 110 Å². The van der Waals surface area contributed by atoms with E-state index >= 15 is 0 Å². The highest BCUT2D eigenvalue weighted by molar-refractivity contribution is 5.17. The summed E-state index contributed by atoms with van der Waals surface area (Å²) in [6, 6.07) is 3.84. The van der Waals surface area contributed by atoms with Gasteiger partial charge in [0.25, 0.3) is 0 Å². The maximum absolute atomic E-state index is 13.3. The van der Waals surface area contributed by atoms with Crippen molar-refractivity contribution in [2.75, 3.05) is 6.61 Å². The monoisotopic (exact) mass is 410 g/mol. The summed E-state index contributed by atoms with van der Waals surface area (Å²) in [5, 5.41) is 0. The topological polar surface area (TPSA) is 9.23 Å². The van der Waals surface area contributed by atoms with Crippen molar-refractivity contribution in [3.63, 3.8) is 0 Å². The van der Waals surface area contributed by atoms with E-state index in [0.29, 0.717) is 5.92 Å². The zero-order valence-electron chi connectivity index (χ0n) is 19.4. The molecule has 1 aromatic rings. The van der Waals surface area contributed by atoms with Gasteiger partial charge in [0, 0.05) is 12.7 Å². The Bertz CT molecular complexity index is 521. The largest absolute Gasteiger partial charge is 0.376 e. The van der Waals surface area contributed by atoms with Crippen LogP contribution in [0.4, 0.5) is 8.78 Å². The predicted molar refractivity (Wildman–Crippen MR) is 120 cm³/mol. The highest BCUT2D eigenvalue weighted by atomic mass is 19.1. The molecule has 1 atom stereocenters. The third-order valence-electron chi connectivity index (χ3n) is 6.10. The second kappa shape index (κ2) is 14.9. The summed E-state index contributed by atoms with van der Waals surface area (Å²) in [6.45, 7) is 9.60. The summed E-state index contributed by atoms with van der Waals surface area (Å²) in [5.74, 6) is -0.350. The van der Waals surface area contributed by atoms with E-state index in [-0.39, 0.29) is 5.60 Å². The molecule has 1 aromatic carbocycles. The fraction of sp³-hybridized carbons (Fsp3) is 0.769. The molecule has 0 N–H and O–H groups in total. The Morgan fingerprint density at radius 1 is 0.759 bits per heavy atom. The van der Waals surface area contributed by atoms with Gasteiger partial charge in [-0.3, -0.25) is 0 Å². The van der Waals surface area contributed by atoms with Crippen molar-refractivity contribution in [3.05, 3.63) is 35.4 Å². The van der Waals surface area contributed by atoms with Crippen LogP contribution >= 0.6 is 0 Å². The predicted octanol–water partition coefficient (Wildman–Crippen LogP) is 8.64. The molecule has 0 spiro atoms. The third-order valence-corrected chi connectivity index (χ3v) is 6.10. The average Bonchev–Trinajstić information content (AvgIpc) is 2.64. The molecule has 0 aliphatic carbocycles. The summed E-state index contributed by atoms with van der Waals surface area (Å²) in [4.78, 5) is 0. The van der Waals surface area contributed by atoms with Crippen LogP contribution in [0.2, 0.25) is 0 Å². The number of unbranched alkanes of at least 4 members (excludes halogenated alkanes) is 8. The summed E-state index contributed by atoms with van der Waals surface area (Å²) in [6.07, 6.45) is 15.7. The van der Waals surface area contributed by atoms with Crippen LogP contribution in [-0.2, 0) is 11.2 Å². The number of rotatable bonds is 17. The molecule has 1 unspecified atom stereocenters. The average molecular weight is 411 g/mol. The molecule has 168 valence electrons. The molecule has 0 aliphatic heterocycles. The number of benzene rings is 1. The zero-order valence-corrected chi connectivity index (χ0v) is 19.4. The Balaban J connectivity index is 2.31. The zero-order chi connectivity index (χ0) is 21.5. The molecule has 0 heterocycles. The maximum atomic E-state index is 13.3. The minimum Gasteiger partial charge on any atom is -0.376 e. The molecule has 0 saturated heterocycles. The Morgan fingerprint density at radius 3 is 1.83 bits per heavy atom. The SMILES string of the molecule is CCCCCCCCC(CCCCCCc1cc(F)cc(F)c1)C(C)(C)OCC. The van der Waals surface area contributed by atoms with Gasteiger partial charge in [0.15, 0.2) is 0 Å². The second-order valence-electron chi connectivity index (χ2n) is 9.02. The van der Waals surface area contributed by atoms with Gasteiger partial charge < -0.3 is 4.74 Å². The number of ether oxygens (including phenoxy) is 1. The van der Waals surface area contributed by atoms with E-state index in [1.165, 1.54) is 76.3 Å². The first-order valence-electron chi connectivity index (χ1n) is 12.0. The molecule has 1 nitrogen and oxygen atoms in total. The van der Waals surface area contributed by atoms with E-state index in [9.17, 15) is 8.78 Å². The fourth-order valence-corrected chi connectivity index (χ4v) is 4.33. The standard InChI is InChI=1S/C26H44F2O/c1-5-7-8-9-10-14-17-23(26(3,4)29-6-2)18-15-12-11-13-16-22-19-24(27)21-25(28)20-22/h19-21,23H,5-18H2,1-4H3. The van der Waals surface area contributed by atoms with Gasteiger partial charge in [-0.25, -0.2) is 8.78 Å². The van der Waals surface area contributed by atoms with Gasteiger partial charge in [-0.2, -0.15) is 0 Å². The lowest BCUT2D eigenvalue weighted by molar-refractivity contribution is -0.0605. The summed E-state index contributed by atoms with van der Waals surface area (Å²) < 4.78 is 32.6. The van der Waals surface area contributed by atoms with Gasteiger partial charge in [-0.05, 0) is 70.1 Å². The van der Waals surface area contributed by atoms with E-state index in [2.05, 4.69) is 27.7 Å². The Kier molecular flexibility index (Phi) is 13.4. The molecule has 0 aliphatic rings. The van der Waals surface area contributed by atoms with Crippen molar-refractivity contribution in [2.24, 2.45) is 5.92 Å². The fourth-order valence-electron chi connectivity index (χ4n) is 4.33. The van der Waals surface area contributed by atoms with Crippen LogP contribution in [0.25, 0.3) is 0 Å². The van der Waals surface area contributed by atoms with Crippen molar-refractivity contribution in [1.29, 1.82) is 0 Å². The van der Waals surface area contributed by atoms with Crippen molar-refractivity contribution in [2.45, 2.75) is 117 Å². The molecular weight excluding hydrogens is 366 g/mol. The molecule has 0 radical (unpaired) electrons. The third kappa shape index (κ3) is 11.7. The molecular formula is C26H44F2O. The van der Waals surface area contributed by atoms with E-state index in [0.717, 1.165) is 37.5 Å². The van der Waals surface area contributed by atoms with Gasteiger partial charge in [0.2, 0.25) is 0 Å². The summed E-state index contributed by atoms with van der Waals surface area (Å²) >= 11 is 0. The van der Waals surface area contributed by atoms with E-state index in [1.54, 1.807) is 0 Å². The van der Waals surface area contributed by atoms with Gasteiger partial charge in [-0.15, -0.1) is 0 Å². The normalized spacial score (nSPS) is 13.0. The second-order valence-corrected chi connectivity index (χ2v) is 9.02. The molecule has 0 amide bonds. The van der Waals surface area contributed by atoms with E-state index in [1.807, 2.05) is 0 Å². The van der Waals surface area contributed by atoms with Gasteiger partial charge in [-0.1, -0.05) is 64.7 Å². The molecule has 0 bridgehead atoms. The van der Waals surface area contributed by atoms with E-state index < -0.39 is 11.6 Å². The highest BCUT2D eigenvalue weighted by Gasteiger charge is 2.28. The highest BCUT2D eigenvalue weighted by Crippen LogP contribution is 2.31. The van der Waals surface area contributed by atoms with Crippen molar-refractivity contribution < 1.29 is 13.5 Å². The maximum Gasteiger partial charge on any atom is 0.126 e. The first kappa shape index (κ1) is 26.1. The number of aryl methyl sites for hydroxylation is 1.